The van der Waals surface area contributed by atoms with E-state index in [1.54, 1.807) is 0 Å². The standard InChI is InChI=1S/C13H18N6O2S/c1-10-7-13(17-11(2)16-10)18-3-5-19(6-4-18)22(20,21)12-8-14-15-9-12/h7-9H,3-6H2,1-2H3,(H,14,15). The Morgan fingerprint density at radius 2 is 1.86 bits per heavy atom. The summed E-state index contributed by atoms with van der Waals surface area (Å²) in [5.74, 6) is 1.58. The topological polar surface area (TPSA) is 95.1 Å². The average molecular weight is 322 g/mol. The minimum Gasteiger partial charge on any atom is -0.354 e. The molecule has 0 aromatic carbocycles. The van der Waals surface area contributed by atoms with Crippen molar-refractivity contribution in [1.82, 2.24) is 24.5 Å². The fourth-order valence-corrected chi connectivity index (χ4v) is 3.88. The van der Waals surface area contributed by atoms with Crippen molar-refractivity contribution < 1.29 is 8.42 Å². The number of nitrogens with zero attached hydrogens (tertiary/aromatic N) is 5. The summed E-state index contributed by atoms with van der Waals surface area (Å²) < 4.78 is 26.3. The van der Waals surface area contributed by atoms with E-state index in [-0.39, 0.29) is 4.90 Å². The molecule has 0 amide bonds. The van der Waals surface area contributed by atoms with Crippen molar-refractivity contribution in [2.75, 3.05) is 31.1 Å². The summed E-state index contributed by atoms with van der Waals surface area (Å²) in [7, 11) is -3.46. The first kappa shape index (κ1) is 14.9. The van der Waals surface area contributed by atoms with Crippen LogP contribution >= 0.6 is 0 Å². The largest absolute Gasteiger partial charge is 0.354 e. The van der Waals surface area contributed by atoms with E-state index < -0.39 is 10.0 Å². The first-order valence-corrected chi connectivity index (χ1v) is 8.47. The fourth-order valence-electron chi connectivity index (χ4n) is 2.55. The molecule has 3 rings (SSSR count). The summed E-state index contributed by atoms with van der Waals surface area (Å²) in [4.78, 5) is 11.0. The maximum absolute atomic E-state index is 12.4. The van der Waals surface area contributed by atoms with Gasteiger partial charge in [-0.2, -0.15) is 9.40 Å². The number of sulfonamides is 1. The van der Waals surface area contributed by atoms with Crippen LogP contribution in [0.3, 0.4) is 0 Å². The fraction of sp³-hybridized carbons (Fsp3) is 0.462. The molecular weight excluding hydrogens is 304 g/mol. The number of aryl methyl sites for hydroxylation is 2. The predicted octanol–water partition coefficient (Wildman–Crippen LogP) is 0.327. The molecule has 0 saturated carbocycles. The summed E-state index contributed by atoms with van der Waals surface area (Å²) >= 11 is 0. The third-order valence-electron chi connectivity index (χ3n) is 3.63. The molecule has 2 aromatic heterocycles. The lowest BCUT2D eigenvalue weighted by Crippen LogP contribution is -2.48. The number of nitrogens with one attached hydrogen (secondary N) is 1. The van der Waals surface area contributed by atoms with Gasteiger partial charge >= 0.3 is 0 Å². The second kappa shape index (κ2) is 5.65. The Balaban J connectivity index is 1.73. The smallest absolute Gasteiger partial charge is 0.246 e. The number of hydrogen-bond acceptors (Lipinski definition) is 6. The van der Waals surface area contributed by atoms with E-state index in [0.717, 1.165) is 17.3 Å². The number of piperazine rings is 1. The minimum atomic E-state index is -3.46. The molecule has 1 aliphatic heterocycles. The first-order valence-electron chi connectivity index (χ1n) is 7.03. The molecule has 0 spiro atoms. The zero-order valence-corrected chi connectivity index (χ0v) is 13.3. The number of hydrogen-bond donors (Lipinski definition) is 1. The molecule has 22 heavy (non-hydrogen) atoms. The molecule has 2 aromatic rings. The van der Waals surface area contributed by atoms with Crippen molar-refractivity contribution in [2.45, 2.75) is 18.7 Å². The molecule has 118 valence electrons. The Kier molecular flexibility index (Phi) is 3.83. The van der Waals surface area contributed by atoms with Crippen molar-refractivity contribution in [3.05, 3.63) is 30.0 Å². The molecule has 3 heterocycles. The van der Waals surface area contributed by atoms with Gasteiger partial charge in [-0.05, 0) is 13.8 Å². The van der Waals surface area contributed by atoms with Gasteiger partial charge in [-0.25, -0.2) is 18.4 Å². The summed E-state index contributed by atoms with van der Waals surface area (Å²) in [6.07, 6.45) is 2.73. The van der Waals surface area contributed by atoms with E-state index >= 15 is 0 Å². The quantitative estimate of drug-likeness (QED) is 0.875. The van der Waals surface area contributed by atoms with Crippen LogP contribution in [0.25, 0.3) is 0 Å². The Morgan fingerprint density at radius 1 is 1.14 bits per heavy atom. The molecule has 1 fully saturated rings. The number of rotatable bonds is 3. The number of H-pyrrole nitrogens is 1. The van der Waals surface area contributed by atoms with Crippen LogP contribution in [0.5, 0.6) is 0 Å². The molecule has 1 saturated heterocycles. The van der Waals surface area contributed by atoms with Crippen LogP contribution in [0.2, 0.25) is 0 Å². The van der Waals surface area contributed by atoms with Crippen LogP contribution in [0, 0.1) is 13.8 Å². The van der Waals surface area contributed by atoms with E-state index in [1.807, 2.05) is 19.9 Å². The predicted molar refractivity (Wildman–Crippen MR) is 81.1 cm³/mol. The van der Waals surface area contributed by atoms with E-state index in [9.17, 15) is 8.42 Å². The zero-order valence-electron chi connectivity index (χ0n) is 12.5. The van der Waals surface area contributed by atoms with Gasteiger partial charge in [0.15, 0.2) is 0 Å². The highest BCUT2D eigenvalue weighted by Gasteiger charge is 2.29. The van der Waals surface area contributed by atoms with Crippen LogP contribution in [-0.4, -0.2) is 59.1 Å². The van der Waals surface area contributed by atoms with Crippen LogP contribution in [0.4, 0.5) is 5.82 Å². The summed E-state index contributed by atoms with van der Waals surface area (Å²) in [6, 6.07) is 1.92. The Hall–Kier alpha value is -2.00. The van der Waals surface area contributed by atoms with Crippen LogP contribution in [0.15, 0.2) is 23.4 Å². The third kappa shape index (κ3) is 2.81. The lowest BCUT2D eigenvalue weighted by atomic mass is 10.3. The zero-order chi connectivity index (χ0) is 15.7. The molecule has 1 N–H and O–H groups in total. The number of anilines is 1. The maximum Gasteiger partial charge on any atom is 0.246 e. The first-order chi connectivity index (χ1) is 10.5. The van der Waals surface area contributed by atoms with Gasteiger partial charge in [0.25, 0.3) is 0 Å². The van der Waals surface area contributed by atoms with Crippen LogP contribution < -0.4 is 4.90 Å². The highest BCUT2D eigenvalue weighted by atomic mass is 32.2. The lowest BCUT2D eigenvalue weighted by molar-refractivity contribution is 0.383. The van der Waals surface area contributed by atoms with E-state index in [2.05, 4.69) is 25.1 Å². The van der Waals surface area contributed by atoms with Crippen molar-refractivity contribution in [2.24, 2.45) is 0 Å². The normalized spacial score (nSPS) is 16.9. The molecule has 0 aliphatic carbocycles. The second-order valence-electron chi connectivity index (χ2n) is 5.24. The molecule has 0 bridgehead atoms. The van der Waals surface area contributed by atoms with Crippen molar-refractivity contribution >= 4 is 15.8 Å². The molecule has 1 aliphatic rings. The highest BCUT2D eigenvalue weighted by molar-refractivity contribution is 7.89. The number of aromatic amines is 1. The van der Waals surface area contributed by atoms with Gasteiger partial charge in [0.1, 0.15) is 16.5 Å². The maximum atomic E-state index is 12.4. The van der Waals surface area contributed by atoms with E-state index in [4.69, 9.17) is 0 Å². The Morgan fingerprint density at radius 3 is 2.45 bits per heavy atom. The van der Waals surface area contributed by atoms with Gasteiger partial charge in [0, 0.05) is 44.1 Å². The summed E-state index contributed by atoms with van der Waals surface area (Å²) in [5.41, 5.74) is 0.913. The number of aromatic nitrogens is 4. The van der Waals surface area contributed by atoms with Gasteiger partial charge in [-0.15, -0.1) is 0 Å². The van der Waals surface area contributed by atoms with E-state index in [0.29, 0.717) is 26.2 Å². The summed E-state index contributed by atoms with van der Waals surface area (Å²) in [5, 5.41) is 6.25. The van der Waals surface area contributed by atoms with E-state index in [1.165, 1.54) is 16.7 Å². The Bertz CT molecular complexity index is 731. The molecule has 0 atom stereocenters. The van der Waals surface area contributed by atoms with Gasteiger partial charge in [0.2, 0.25) is 10.0 Å². The third-order valence-corrected chi connectivity index (χ3v) is 5.49. The van der Waals surface area contributed by atoms with Crippen molar-refractivity contribution in [3.8, 4) is 0 Å². The average Bonchev–Trinajstić information content (AvgIpc) is 3.01. The lowest BCUT2D eigenvalue weighted by Gasteiger charge is -2.34. The monoisotopic (exact) mass is 322 g/mol. The molecule has 0 radical (unpaired) electrons. The minimum absolute atomic E-state index is 0.203. The Labute approximate surface area is 129 Å². The summed E-state index contributed by atoms with van der Waals surface area (Å²) in [6.45, 7) is 5.85. The van der Waals surface area contributed by atoms with Crippen molar-refractivity contribution in [3.63, 3.8) is 0 Å². The van der Waals surface area contributed by atoms with Gasteiger partial charge < -0.3 is 4.90 Å². The molecular formula is C13H18N6O2S. The SMILES string of the molecule is Cc1cc(N2CCN(S(=O)(=O)c3cn[nH]c3)CC2)nc(C)n1. The highest BCUT2D eigenvalue weighted by Crippen LogP contribution is 2.19. The van der Waals surface area contributed by atoms with Crippen LogP contribution in [0.1, 0.15) is 11.5 Å². The van der Waals surface area contributed by atoms with Crippen molar-refractivity contribution in [1.29, 1.82) is 0 Å². The van der Waals surface area contributed by atoms with Gasteiger partial charge in [-0.1, -0.05) is 0 Å². The second-order valence-corrected chi connectivity index (χ2v) is 7.18. The van der Waals surface area contributed by atoms with Gasteiger partial charge in [0.05, 0.1) is 6.20 Å². The van der Waals surface area contributed by atoms with Crippen LogP contribution in [-0.2, 0) is 10.0 Å². The molecule has 0 unspecified atom stereocenters. The molecule has 8 nitrogen and oxygen atoms in total. The van der Waals surface area contributed by atoms with Gasteiger partial charge in [-0.3, -0.25) is 5.10 Å². The molecule has 9 heteroatoms.